The lowest BCUT2D eigenvalue weighted by Gasteiger charge is -2.09. The molecule has 0 aliphatic heterocycles. The second-order valence-electron chi connectivity index (χ2n) is 3.76. The Balaban J connectivity index is 2.19. The number of anilines is 1. The van der Waals surface area contributed by atoms with E-state index in [0.29, 0.717) is 27.9 Å². The van der Waals surface area contributed by atoms with Gasteiger partial charge in [0.2, 0.25) is 5.88 Å². The van der Waals surface area contributed by atoms with Gasteiger partial charge >= 0.3 is 0 Å². The molecule has 100 valence electrons. The number of rotatable bonds is 4. The maximum Gasteiger partial charge on any atom is 0.269 e. The van der Waals surface area contributed by atoms with Crippen LogP contribution in [0.1, 0.15) is 15.4 Å². The number of hydrogen-bond donors (Lipinski definition) is 1. The molecule has 0 fully saturated rings. The summed E-state index contributed by atoms with van der Waals surface area (Å²) >= 11 is 1.33. The van der Waals surface area contributed by atoms with E-state index in [9.17, 15) is 4.79 Å². The smallest absolute Gasteiger partial charge is 0.269 e. The summed E-state index contributed by atoms with van der Waals surface area (Å²) in [5, 5.41) is 4.62. The number of nitrogens with one attached hydrogen (secondary N) is 1. The molecule has 2 aromatic heterocycles. The van der Waals surface area contributed by atoms with E-state index >= 15 is 0 Å². The monoisotopic (exact) mass is 278 g/mol. The first-order valence-electron chi connectivity index (χ1n) is 5.60. The summed E-state index contributed by atoms with van der Waals surface area (Å²) in [5.41, 5.74) is 1.35. The molecule has 0 unspecified atom stereocenters. The van der Waals surface area contributed by atoms with Crippen LogP contribution in [0.15, 0.2) is 23.6 Å². The lowest BCUT2D eigenvalue weighted by molar-refractivity contribution is 0.102. The second-order valence-corrected chi connectivity index (χ2v) is 4.67. The van der Waals surface area contributed by atoms with E-state index < -0.39 is 0 Å². The Morgan fingerprint density at radius 1 is 1.26 bits per heavy atom. The van der Waals surface area contributed by atoms with Crippen molar-refractivity contribution in [1.82, 2.24) is 4.98 Å². The third-order valence-corrected chi connectivity index (χ3v) is 3.47. The topological polar surface area (TPSA) is 60.5 Å². The van der Waals surface area contributed by atoms with Crippen molar-refractivity contribution in [3.63, 3.8) is 0 Å². The average Bonchev–Trinajstić information content (AvgIpc) is 2.89. The van der Waals surface area contributed by atoms with Gasteiger partial charge in [-0.1, -0.05) is 0 Å². The van der Waals surface area contributed by atoms with Crippen molar-refractivity contribution >= 4 is 22.9 Å². The number of nitrogens with zero attached hydrogens (tertiary/aromatic N) is 1. The molecular formula is C13H14N2O3S. The Morgan fingerprint density at radius 2 is 2.05 bits per heavy atom. The molecule has 0 atom stereocenters. The molecule has 0 bridgehead atoms. The molecule has 0 aromatic carbocycles. The number of aryl methyl sites for hydroxylation is 1. The number of carbonyl (C=O) groups is 1. The number of methoxy groups -OCH3 is 2. The minimum absolute atomic E-state index is 0.207. The number of aromatic nitrogens is 1. The molecule has 0 saturated heterocycles. The lowest BCUT2D eigenvalue weighted by Crippen LogP contribution is -2.12. The van der Waals surface area contributed by atoms with Crippen LogP contribution in [-0.2, 0) is 0 Å². The van der Waals surface area contributed by atoms with E-state index in [2.05, 4.69) is 10.3 Å². The van der Waals surface area contributed by atoms with Crippen molar-refractivity contribution in [3.8, 4) is 11.6 Å². The van der Waals surface area contributed by atoms with Crippen LogP contribution in [0.2, 0.25) is 0 Å². The fraction of sp³-hybridized carbons (Fsp3) is 0.231. The van der Waals surface area contributed by atoms with E-state index in [1.165, 1.54) is 11.3 Å². The standard InChI is InChI=1S/C13H14N2O3S/c1-8-9(4-5-11(14-8)18-3)15-13(16)12-10(17-2)6-7-19-12/h4-7H,1-3H3,(H,15,16). The molecule has 2 rings (SSSR count). The van der Waals surface area contributed by atoms with Gasteiger partial charge in [-0.15, -0.1) is 11.3 Å². The molecule has 2 heterocycles. The minimum atomic E-state index is -0.207. The van der Waals surface area contributed by atoms with Gasteiger partial charge in [0.05, 0.1) is 25.6 Å². The van der Waals surface area contributed by atoms with Crippen LogP contribution in [0.25, 0.3) is 0 Å². The first-order chi connectivity index (χ1) is 9.15. The highest BCUT2D eigenvalue weighted by atomic mass is 32.1. The highest BCUT2D eigenvalue weighted by Crippen LogP contribution is 2.26. The number of amides is 1. The number of carbonyl (C=O) groups excluding carboxylic acids is 1. The van der Waals surface area contributed by atoms with Gasteiger partial charge < -0.3 is 14.8 Å². The summed E-state index contributed by atoms with van der Waals surface area (Å²) in [6.45, 7) is 1.81. The number of ether oxygens (including phenoxy) is 2. The summed E-state index contributed by atoms with van der Waals surface area (Å²) in [4.78, 5) is 16.9. The normalized spacial score (nSPS) is 10.1. The third kappa shape index (κ3) is 2.85. The highest BCUT2D eigenvalue weighted by Gasteiger charge is 2.15. The fourth-order valence-corrected chi connectivity index (χ4v) is 2.34. The molecule has 0 spiro atoms. The summed E-state index contributed by atoms with van der Waals surface area (Å²) in [7, 11) is 3.09. The predicted molar refractivity (Wildman–Crippen MR) is 74.4 cm³/mol. The molecule has 2 aromatic rings. The van der Waals surface area contributed by atoms with Crippen molar-refractivity contribution in [3.05, 3.63) is 34.2 Å². The molecule has 0 radical (unpaired) electrons. The first kappa shape index (κ1) is 13.4. The van der Waals surface area contributed by atoms with Crippen LogP contribution in [0, 0.1) is 6.92 Å². The minimum Gasteiger partial charge on any atom is -0.495 e. The summed E-state index contributed by atoms with van der Waals surface area (Å²) < 4.78 is 10.1. The molecule has 0 aliphatic carbocycles. The second kappa shape index (κ2) is 5.71. The van der Waals surface area contributed by atoms with E-state index in [1.807, 2.05) is 12.3 Å². The molecule has 1 N–H and O–H groups in total. The van der Waals surface area contributed by atoms with Crippen LogP contribution in [0.4, 0.5) is 5.69 Å². The van der Waals surface area contributed by atoms with Crippen molar-refractivity contribution in [2.24, 2.45) is 0 Å². The maximum atomic E-state index is 12.1. The number of hydrogen-bond acceptors (Lipinski definition) is 5. The van der Waals surface area contributed by atoms with Gasteiger partial charge in [0, 0.05) is 6.07 Å². The van der Waals surface area contributed by atoms with Crippen LogP contribution >= 0.6 is 11.3 Å². The van der Waals surface area contributed by atoms with Crippen LogP contribution in [0.5, 0.6) is 11.6 Å². The highest BCUT2D eigenvalue weighted by molar-refractivity contribution is 7.12. The molecule has 1 amide bonds. The lowest BCUT2D eigenvalue weighted by atomic mass is 10.3. The Hall–Kier alpha value is -2.08. The zero-order valence-corrected chi connectivity index (χ0v) is 11.7. The Kier molecular flexibility index (Phi) is 4.01. The molecule has 5 nitrogen and oxygen atoms in total. The number of pyridine rings is 1. The third-order valence-electron chi connectivity index (χ3n) is 2.57. The van der Waals surface area contributed by atoms with Gasteiger partial charge in [0.1, 0.15) is 10.6 Å². The van der Waals surface area contributed by atoms with Gasteiger partial charge in [-0.05, 0) is 24.4 Å². The van der Waals surface area contributed by atoms with Crippen molar-refractivity contribution in [2.75, 3.05) is 19.5 Å². The van der Waals surface area contributed by atoms with Crippen LogP contribution < -0.4 is 14.8 Å². The average molecular weight is 278 g/mol. The Morgan fingerprint density at radius 3 is 2.68 bits per heavy atom. The Bertz CT molecular complexity index is 595. The molecular weight excluding hydrogens is 264 g/mol. The van der Waals surface area contributed by atoms with E-state index in [4.69, 9.17) is 9.47 Å². The van der Waals surface area contributed by atoms with Crippen molar-refractivity contribution in [2.45, 2.75) is 6.92 Å². The summed E-state index contributed by atoms with van der Waals surface area (Å²) in [6, 6.07) is 5.23. The van der Waals surface area contributed by atoms with Gasteiger partial charge in [-0.25, -0.2) is 4.98 Å². The first-order valence-corrected chi connectivity index (χ1v) is 6.48. The maximum absolute atomic E-state index is 12.1. The zero-order valence-electron chi connectivity index (χ0n) is 10.9. The van der Waals surface area contributed by atoms with Gasteiger partial charge in [0.15, 0.2) is 0 Å². The SMILES string of the molecule is COc1ccc(NC(=O)c2sccc2OC)c(C)n1. The van der Waals surface area contributed by atoms with Crippen LogP contribution in [-0.4, -0.2) is 25.1 Å². The van der Waals surface area contributed by atoms with Gasteiger partial charge in [0.25, 0.3) is 5.91 Å². The number of thiophene rings is 1. The van der Waals surface area contributed by atoms with E-state index in [1.54, 1.807) is 32.4 Å². The molecule has 0 aliphatic rings. The van der Waals surface area contributed by atoms with Crippen molar-refractivity contribution < 1.29 is 14.3 Å². The van der Waals surface area contributed by atoms with Gasteiger partial charge in [-0.3, -0.25) is 4.79 Å². The predicted octanol–water partition coefficient (Wildman–Crippen LogP) is 2.72. The van der Waals surface area contributed by atoms with Crippen molar-refractivity contribution in [1.29, 1.82) is 0 Å². The van der Waals surface area contributed by atoms with E-state index in [-0.39, 0.29) is 5.91 Å². The van der Waals surface area contributed by atoms with E-state index in [0.717, 1.165) is 0 Å². The summed E-state index contributed by atoms with van der Waals surface area (Å²) in [6.07, 6.45) is 0. The fourth-order valence-electron chi connectivity index (χ4n) is 1.59. The largest absolute Gasteiger partial charge is 0.495 e. The molecule has 19 heavy (non-hydrogen) atoms. The molecule has 6 heteroatoms. The van der Waals surface area contributed by atoms with Gasteiger partial charge in [-0.2, -0.15) is 0 Å². The zero-order chi connectivity index (χ0) is 13.8. The quantitative estimate of drug-likeness (QED) is 0.934. The summed E-state index contributed by atoms with van der Waals surface area (Å²) in [5.74, 6) is 0.882. The van der Waals surface area contributed by atoms with Crippen LogP contribution in [0.3, 0.4) is 0 Å². The molecule has 0 saturated carbocycles. The Labute approximate surface area is 115 Å².